The number of rotatable bonds is 20. The summed E-state index contributed by atoms with van der Waals surface area (Å²) in [5, 5.41) is 79.3. The molecule has 38 heteroatoms. The Balaban J connectivity index is 1.53. The molecule has 1 aromatic carbocycles. The molecule has 4 fully saturated rings. The van der Waals surface area contributed by atoms with Crippen LogP contribution in [0.15, 0.2) is 35.3 Å². The van der Waals surface area contributed by atoms with E-state index in [4.69, 9.17) is 17.2 Å². The fourth-order valence-corrected chi connectivity index (χ4v) is 12.7. The summed E-state index contributed by atoms with van der Waals surface area (Å²) in [6.45, 7) is 3.70. The maximum absolute atomic E-state index is 14.8. The summed E-state index contributed by atoms with van der Waals surface area (Å²) < 4.78 is 0. The molecule has 0 saturated carbocycles. The molecular formula is C67H106N18O20. The van der Waals surface area contributed by atoms with Crippen LogP contribution in [0.1, 0.15) is 130 Å². The van der Waals surface area contributed by atoms with Crippen molar-refractivity contribution in [2.24, 2.45) is 34.0 Å². The molecule has 0 unspecified atom stereocenters. The van der Waals surface area contributed by atoms with Crippen molar-refractivity contribution in [3.05, 3.63) is 35.9 Å². The topological polar surface area (TPSA) is 590 Å². The van der Waals surface area contributed by atoms with Crippen molar-refractivity contribution in [1.82, 2.24) is 73.2 Å². The Bertz CT molecular complexity index is 3250. The monoisotopic (exact) mass is 1480 g/mol. The first-order chi connectivity index (χ1) is 49.9. The number of hydrogen-bond donors (Lipinski definition) is 19. The average Bonchev–Trinajstić information content (AvgIpc) is 1.50. The SMILES string of the molecule is CC[C@H](C)[C@@H]1NC(=O)[C@@H]2CCCN2C(=O)[C@@H]2CCCN2C(=O)[C@H]([C@@H](C)CC)NC(=O)[C@H](CO)NC(=O)[C@H](CCCCN)NC(=O)[C@H]([C@@H](C)O)NC(=O)[C@H](CO)NC(=O)[C@H](CCCN=C(N)N)NC(=O)CNC(=O)[C@H](CC(=O)O)NC(=O)[C@@H]2CCCN2C(=O)[C@H](Cc2ccccc2)NC(=O)[C@H](CO)NC1=O. The van der Waals surface area contributed by atoms with Crippen LogP contribution in [0, 0.1) is 11.8 Å². The number of carboxylic acids is 1. The summed E-state index contributed by atoms with van der Waals surface area (Å²) >= 11 is 0. The lowest BCUT2D eigenvalue weighted by Crippen LogP contribution is -2.63. The summed E-state index contributed by atoms with van der Waals surface area (Å²) in [6.07, 6.45) is -1.31. The summed E-state index contributed by atoms with van der Waals surface area (Å²) in [4.78, 5) is 220. The van der Waals surface area contributed by atoms with Crippen molar-refractivity contribution in [2.75, 3.05) is 59.1 Å². The highest BCUT2D eigenvalue weighted by Crippen LogP contribution is 2.28. The van der Waals surface area contributed by atoms with Gasteiger partial charge in [0.1, 0.15) is 78.5 Å². The number of benzene rings is 1. The number of aliphatic imine (C=N–C) groups is 1. The van der Waals surface area contributed by atoms with E-state index in [1.165, 1.54) is 9.80 Å². The molecule has 4 heterocycles. The number of aliphatic carboxylic acids is 1. The van der Waals surface area contributed by atoms with Gasteiger partial charge in [0.25, 0.3) is 0 Å². The van der Waals surface area contributed by atoms with Crippen LogP contribution in [0.5, 0.6) is 0 Å². The van der Waals surface area contributed by atoms with Crippen LogP contribution < -0.4 is 75.7 Å². The first kappa shape index (κ1) is 86.0. The van der Waals surface area contributed by atoms with Gasteiger partial charge < -0.3 is 116 Å². The summed E-state index contributed by atoms with van der Waals surface area (Å²) in [5.41, 5.74) is 17.2. The van der Waals surface area contributed by atoms with E-state index >= 15 is 0 Å². The Morgan fingerprint density at radius 3 is 1.45 bits per heavy atom. The number of carbonyl (C=O) groups is 15. The molecule has 0 spiro atoms. The lowest BCUT2D eigenvalue weighted by molar-refractivity contribution is -0.149. The number of nitrogens with two attached hydrogens (primary N) is 3. The molecule has 14 amide bonds. The zero-order valence-corrected chi connectivity index (χ0v) is 60.0. The number of nitrogens with zero attached hydrogens (tertiary/aromatic N) is 4. The zero-order chi connectivity index (χ0) is 77.8. The van der Waals surface area contributed by atoms with Crippen LogP contribution in [0.4, 0.5) is 0 Å². The van der Waals surface area contributed by atoms with E-state index in [1.807, 2.05) is 0 Å². The Morgan fingerprint density at radius 1 is 0.495 bits per heavy atom. The second-order valence-electron chi connectivity index (χ2n) is 26.8. The molecule has 584 valence electrons. The van der Waals surface area contributed by atoms with Gasteiger partial charge in [-0.25, -0.2) is 0 Å². The van der Waals surface area contributed by atoms with Crippen molar-refractivity contribution in [3.63, 3.8) is 0 Å². The highest BCUT2D eigenvalue weighted by Gasteiger charge is 2.47. The predicted molar refractivity (Wildman–Crippen MR) is 374 cm³/mol. The number of carbonyl (C=O) groups excluding carboxylic acids is 14. The molecule has 0 bridgehead atoms. The highest BCUT2D eigenvalue weighted by atomic mass is 16.4. The van der Waals surface area contributed by atoms with E-state index in [0.29, 0.717) is 31.2 Å². The van der Waals surface area contributed by atoms with E-state index in [9.17, 15) is 97.5 Å². The number of amides is 14. The fourth-order valence-electron chi connectivity index (χ4n) is 12.7. The molecule has 0 aromatic heterocycles. The van der Waals surface area contributed by atoms with Gasteiger partial charge in [0.2, 0.25) is 82.7 Å². The Labute approximate surface area is 607 Å². The van der Waals surface area contributed by atoms with Crippen LogP contribution in [-0.2, 0) is 78.3 Å². The molecule has 0 aliphatic carbocycles. The average molecular weight is 1480 g/mol. The maximum Gasteiger partial charge on any atom is 0.305 e. The van der Waals surface area contributed by atoms with E-state index in [2.05, 4.69) is 63.5 Å². The van der Waals surface area contributed by atoms with E-state index in [-0.39, 0.29) is 103 Å². The lowest BCUT2D eigenvalue weighted by Gasteiger charge is -2.35. The molecular weight excluding hydrogens is 1380 g/mol. The number of unbranched alkanes of at least 4 members (excludes halogenated alkanes) is 1. The second-order valence-corrected chi connectivity index (χ2v) is 26.8. The minimum absolute atomic E-state index is 0.0257. The van der Waals surface area contributed by atoms with Gasteiger partial charge in [-0.1, -0.05) is 70.9 Å². The Kier molecular flexibility index (Phi) is 34.7. The van der Waals surface area contributed by atoms with Crippen molar-refractivity contribution in [1.29, 1.82) is 0 Å². The third kappa shape index (κ3) is 25.0. The molecule has 4 aliphatic rings. The summed E-state index contributed by atoms with van der Waals surface area (Å²) in [5.74, 6) is -17.1. The smallest absolute Gasteiger partial charge is 0.305 e. The third-order valence-electron chi connectivity index (χ3n) is 19.1. The van der Waals surface area contributed by atoms with Gasteiger partial charge in [-0.3, -0.25) is 76.9 Å². The van der Waals surface area contributed by atoms with Crippen molar-refractivity contribution < 1.29 is 97.5 Å². The summed E-state index contributed by atoms with van der Waals surface area (Å²) in [7, 11) is 0. The van der Waals surface area contributed by atoms with Crippen molar-refractivity contribution >= 4 is 94.6 Å². The number of carboxylic acid groups (broad SMARTS) is 1. The Morgan fingerprint density at radius 2 is 0.924 bits per heavy atom. The van der Waals surface area contributed by atoms with Crippen LogP contribution in [-0.4, -0.2) is 279 Å². The maximum atomic E-state index is 14.8. The quantitative estimate of drug-likeness (QED) is 0.0328. The van der Waals surface area contributed by atoms with Gasteiger partial charge in [0, 0.05) is 32.6 Å². The third-order valence-corrected chi connectivity index (χ3v) is 19.1. The molecule has 16 atom stereocenters. The molecule has 22 N–H and O–H groups in total. The zero-order valence-electron chi connectivity index (χ0n) is 60.0. The van der Waals surface area contributed by atoms with E-state index in [0.717, 1.165) is 11.8 Å². The van der Waals surface area contributed by atoms with Crippen LogP contribution >= 0.6 is 0 Å². The Hall–Kier alpha value is -9.66. The van der Waals surface area contributed by atoms with Crippen LogP contribution in [0.2, 0.25) is 0 Å². The fraction of sp³-hybridized carbons (Fsp3) is 0.672. The van der Waals surface area contributed by atoms with Gasteiger partial charge in [-0.2, -0.15) is 0 Å². The molecule has 1 aromatic rings. The van der Waals surface area contributed by atoms with Crippen LogP contribution in [0.25, 0.3) is 0 Å². The van der Waals surface area contributed by atoms with Crippen LogP contribution in [0.3, 0.4) is 0 Å². The number of hydrogen-bond acceptors (Lipinski definition) is 21. The van der Waals surface area contributed by atoms with Crippen molar-refractivity contribution in [2.45, 2.75) is 216 Å². The van der Waals surface area contributed by atoms with Gasteiger partial charge in [0.15, 0.2) is 5.96 Å². The first-order valence-electron chi connectivity index (χ1n) is 35.7. The van der Waals surface area contributed by atoms with Crippen molar-refractivity contribution in [3.8, 4) is 0 Å². The number of guanidine groups is 1. The lowest BCUT2D eigenvalue weighted by atomic mass is 9.96. The minimum atomic E-state index is -1.93. The highest BCUT2D eigenvalue weighted by molar-refractivity contribution is 6.01. The van der Waals surface area contributed by atoms with Gasteiger partial charge in [0.05, 0.1) is 38.9 Å². The standard InChI is InChI=1S/C67H106N18O20/c1-6-35(3)51-62(101)79-43(32-86)57(96)76-42(29-38-17-9-8-10-18-38)64(103)83-26-14-21-46(83)60(99)75-41(30-50(91)92)54(93)72-31-49(90)73-39(20-13-25-71-67(69)70)55(94)77-45(34-88)59(98)82-53(37(5)89)63(102)74-40(19-11-12-24-68)56(95)78-44(33-87)58(97)81-52(36(4)7-2)66(105)85-28-16-23-48(85)65(104)84-27-15-22-47(84)61(100)80-51/h8-10,17-18,35-37,39-48,51-53,86-89H,6-7,11-16,19-34,68H2,1-5H3,(H,72,93)(H,73,90)(H,74,102)(H,75,99)(H,76,96)(H,77,94)(H,78,95)(H,79,101)(H,80,100)(H,81,97)(H,82,98)(H,91,92)(H4,69,70,71)/t35-,36-,37+,39-,40-,41-,42-,43-,44-,45-,46-,47-,48-,51-,52-,53-/m0/s1. The number of nitrogens with one attached hydrogen (secondary N) is 11. The molecule has 4 saturated heterocycles. The second kappa shape index (κ2) is 42.3. The number of fused-ring (bicyclic) bond motifs is 3. The molecule has 5 rings (SSSR count). The van der Waals surface area contributed by atoms with E-state index < -0.39 is 218 Å². The molecule has 38 nitrogen and oxygen atoms in total. The minimum Gasteiger partial charge on any atom is -0.481 e. The molecule has 0 radical (unpaired) electrons. The predicted octanol–water partition coefficient (Wildman–Crippen LogP) is -7.71. The van der Waals surface area contributed by atoms with Gasteiger partial charge in [-0.15, -0.1) is 0 Å². The normalized spacial score (nSPS) is 27.9. The first-order valence-corrected chi connectivity index (χ1v) is 35.7. The summed E-state index contributed by atoms with van der Waals surface area (Å²) in [6, 6.07) is -12.1. The van der Waals surface area contributed by atoms with Gasteiger partial charge in [-0.05, 0) is 101 Å². The largest absolute Gasteiger partial charge is 0.481 e. The number of aliphatic hydroxyl groups excluding tert-OH is 4. The molecule has 4 aliphatic heterocycles. The van der Waals surface area contributed by atoms with Gasteiger partial charge >= 0.3 is 5.97 Å². The number of aliphatic hydroxyl groups is 4. The van der Waals surface area contributed by atoms with E-state index in [1.54, 1.807) is 58.0 Å². The molecule has 105 heavy (non-hydrogen) atoms.